The molecule has 1 unspecified atom stereocenters. The lowest BCUT2D eigenvalue weighted by Crippen LogP contribution is -2.44. The van der Waals surface area contributed by atoms with Crippen molar-refractivity contribution in [2.24, 2.45) is 7.05 Å². The van der Waals surface area contributed by atoms with Crippen LogP contribution in [0.5, 0.6) is 0 Å². The lowest BCUT2D eigenvalue weighted by molar-refractivity contribution is -0.128. The fraction of sp³-hybridized carbons (Fsp3) is 0.458. The second-order valence-corrected chi connectivity index (χ2v) is 9.37. The fourth-order valence-corrected chi connectivity index (χ4v) is 5.20. The number of nitrogens with zero attached hydrogens (tertiary/aromatic N) is 4. The van der Waals surface area contributed by atoms with Crippen molar-refractivity contribution in [3.05, 3.63) is 46.4 Å². The lowest BCUT2D eigenvalue weighted by atomic mass is 10.0. The molecule has 0 aliphatic carbocycles. The summed E-state index contributed by atoms with van der Waals surface area (Å²) < 4.78 is 7.30. The Hall–Kier alpha value is -2.84. The first-order valence-electron chi connectivity index (χ1n) is 11.4. The van der Waals surface area contributed by atoms with Gasteiger partial charge in [-0.15, -0.1) is 0 Å². The number of aromatic nitrogens is 2. The number of ether oxygens (including phenoxy) is 1. The molecule has 1 fully saturated rings. The van der Waals surface area contributed by atoms with E-state index in [1.54, 1.807) is 11.6 Å². The van der Waals surface area contributed by atoms with E-state index in [4.69, 9.17) is 16.3 Å². The largest absolute Gasteiger partial charge is 0.383 e. The summed E-state index contributed by atoms with van der Waals surface area (Å²) in [6, 6.07) is 4.34. The molecule has 8 nitrogen and oxygen atoms in total. The average molecular weight is 469 g/mol. The van der Waals surface area contributed by atoms with Gasteiger partial charge in [-0.05, 0) is 36.1 Å². The molecule has 4 heterocycles. The minimum atomic E-state index is 0.0345. The smallest absolute Gasteiger partial charge is 0.219 e. The Bertz CT molecular complexity index is 1130. The van der Waals surface area contributed by atoms with Crippen molar-refractivity contribution in [1.82, 2.24) is 20.0 Å². The second kappa shape index (κ2) is 8.83. The van der Waals surface area contributed by atoms with E-state index in [0.717, 1.165) is 53.1 Å². The van der Waals surface area contributed by atoms with Gasteiger partial charge in [-0.25, -0.2) is 0 Å². The number of fused-ring (bicyclic) bond motifs is 1. The van der Waals surface area contributed by atoms with Gasteiger partial charge in [0.2, 0.25) is 5.91 Å². The van der Waals surface area contributed by atoms with Gasteiger partial charge >= 0.3 is 0 Å². The number of amides is 1. The van der Waals surface area contributed by atoms with Crippen molar-refractivity contribution in [3.63, 3.8) is 0 Å². The fourth-order valence-electron chi connectivity index (χ4n) is 4.89. The molecule has 3 aliphatic rings. The third-order valence-corrected chi connectivity index (χ3v) is 7.08. The standard InChI is InChI=1S/C24H29ClN6O2/c1-15(32)30-6-4-22(28-18-5-8-33-14-18)20(13-30)24(26)31-7-3-19-21(25)9-16(10-23(19)31)17-11-27-29(2)12-17/h9-12,18,26,28H,3-8,13-14H2,1-2H3. The molecule has 0 bridgehead atoms. The van der Waals surface area contributed by atoms with Crippen LogP contribution in [0.1, 0.15) is 25.3 Å². The van der Waals surface area contributed by atoms with Gasteiger partial charge in [-0.1, -0.05) is 11.6 Å². The van der Waals surface area contributed by atoms with Crippen LogP contribution in [0.4, 0.5) is 5.69 Å². The highest BCUT2D eigenvalue weighted by molar-refractivity contribution is 6.32. The number of hydrogen-bond donors (Lipinski definition) is 2. The zero-order chi connectivity index (χ0) is 23.1. The van der Waals surface area contributed by atoms with Crippen molar-refractivity contribution in [2.45, 2.75) is 32.2 Å². The Balaban J connectivity index is 1.49. The molecule has 1 amide bonds. The molecule has 33 heavy (non-hydrogen) atoms. The normalized spacial score (nSPS) is 20.4. The first-order chi connectivity index (χ1) is 15.9. The Morgan fingerprint density at radius 3 is 2.82 bits per heavy atom. The van der Waals surface area contributed by atoms with Crippen molar-refractivity contribution in [2.75, 3.05) is 37.7 Å². The van der Waals surface area contributed by atoms with Gasteiger partial charge in [0.05, 0.1) is 25.4 Å². The Labute approximate surface area is 198 Å². The third-order valence-electron chi connectivity index (χ3n) is 6.74. The first kappa shape index (κ1) is 22.0. The summed E-state index contributed by atoms with van der Waals surface area (Å²) in [7, 11) is 1.89. The van der Waals surface area contributed by atoms with Gasteiger partial charge in [0.25, 0.3) is 0 Å². The molecule has 3 aliphatic heterocycles. The zero-order valence-corrected chi connectivity index (χ0v) is 19.8. The molecule has 174 valence electrons. The van der Waals surface area contributed by atoms with Crippen LogP contribution in [-0.4, -0.2) is 65.3 Å². The number of amidine groups is 1. The van der Waals surface area contributed by atoms with E-state index in [1.807, 2.05) is 35.3 Å². The number of halogens is 1. The highest BCUT2D eigenvalue weighted by atomic mass is 35.5. The quantitative estimate of drug-likeness (QED) is 0.532. The molecule has 2 N–H and O–H groups in total. The van der Waals surface area contributed by atoms with Gasteiger partial charge in [0, 0.05) is 73.8 Å². The summed E-state index contributed by atoms with van der Waals surface area (Å²) >= 11 is 6.68. The Morgan fingerprint density at radius 2 is 2.12 bits per heavy atom. The lowest BCUT2D eigenvalue weighted by Gasteiger charge is -2.34. The van der Waals surface area contributed by atoms with E-state index >= 15 is 0 Å². The Morgan fingerprint density at radius 1 is 1.27 bits per heavy atom. The van der Waals surface area contributed by atoms with Crippen molar-refractivity contribution in [1.29, 1.82) is 5.41 Å². The minimum absolute atomic E-state index is 0.0345. The predicted molar refractivity (Wildman–Crippen MR) is 129 cm³/mol. The summed E-state index contributed by atoms with van der Waals surface area (Å²) in [5.74, 6) is 0.466. The summed E-state index contributed by atoms with van der Waals surface area (Å²) in [6.45, 7) is 4.81. The molecule has 0 spiro atoms. The number of nitrogens with one attached hydrogen (secondary N) is 2. The maximum atomic E-state index is 12.1. The van der Waals surface area contributed by atoms with Gasteiger partial charge in [0.1, 0.15) is 5.84 Å². The number of aryl methyl sites for hydroxylation is 1. The van der Waals surface area contributed by atoms with Crippen LogP contribution >= 0.6 is 11.6 Å². The predicted octanol–water partition coefficient (Wildman–Crippen LogP) is 2.97. The van der Waals surface area contributed by atoms with E-state index in [-0.39, 0.29) is 11.9 Å². The van der Waals surface area contributed by atoms with Crippen LogP contribution in [0.3, 0.4) is 0 Å². The van der Waals surface area contributed by atoms with Gasteiger partial charge in [-0.2, -0.15) is 5.10 Å². The van der Waals surface area contributed by atoms with Gasteiger partial charge in [-0.3, -0.25) is 14.9 Å². The summed E-state index contributed by atoms with van der Waals surface area (Å²) in [5, 5.41) is 17.8. The van der Waals surface area contributed by atoms with Crippen LogP contribution in [0.15, 0.2) is 35.8 Å². The molecule has 1 atom stereocenters. The Kier molecular flexibility index (Phi) is 5.88. The van der Waals surface area contributed by atoms with E-state index in [0.29, 0.717) is 43.5 Å². The van der Waals surface area contributed by atoms with E-state index in [9.17, 15) is 10.2 Å². The average Bonchev–Trinajstić information content (AvgIpc) is 3.54. The van der Waals surface area contributed by atoms with Crippen molar-refractivity contribution in [3.8, 4) is 11.1 Å². The second-order valence-electron chi connectivity index (χ2n) is 8.96. The van der Waals surface area contributed by atoms with Crippen molar-refractivity contribution >= 4 is 29.0 Å². The molecular weight excluding hydrogens is 440 g/mol. The molecule has 2 aromatic rings. The molecule has 1 saturated heterocycles. The summed E-state index contributed by atoms with van der Waals surface area (Å²) in [6.07, 6.45) is 6.24. The number of hydrogen-bond acceptors (Lipinski definition) is 5. The van der Waals surface area contributed by atoms with Crippen LogP contribution < -0.4 is 10.2 Å². The van der Waals surface area contributed by atoms with Crippen LogP contribution in [0, 0.1) is 5.41 Å². The highest BCUT2D eigenvalue weighted by Crippen LogP contribution is 2.39. The SMILES string of the molecule is CC(=O)N1CCC(NC2CCOC2)=C(C(=N)N2CCc3c(Cl)cc(-c4cnn(C)c4)cc32)C1. The summed E-state index contributed by atoms with van der Waals surface area (Å²) in [5.41, 5.74) is 5.92. The van der Waals surface area contributed by atoms with Gasteiger partial charge in [0.15, 0.2) is 0 Å². The van der Waals surface area contributed by atoms with Gasteiger partial charge < -0.3 is 19.9 Å². The number of anilines is 1. The maximum absolute atomic E-state index is 12.1. The molecule has 1 aromatic heterocycles. The number of benzene rings is 1. The van der Waals surface area contributed by atoms with E-state index in [2.05, 4.69) is 16.5 Å². The molecule has 5 rings (SSSR count). The topological polar surface area (TPSA) is 86.5 Å². The molecule has 0 radical (unpaired) electrons. The zero-order valence-electron chi connectivity index (χ0n) is 19.0. The number of carbonyl (C=O) groups is 1. The van der Waals surface area contributed by atoms with Crippen LogP contribution in [-0.2, 0) is 23.0 Å². The van der Waals surface area contributed by atoms with Crippen LogP contribution in [0.2, 0.25) is 5.02 Å². The summed E-state index contributed by atoms with van der Waals surface area (Å²) in [4.78, 5) is 16.0. The number of carbonyl (C=O) groups excluding carboxylic acids is 1. The first-order valence-corrected chi connectivity index (χ1v) is 11.8. The molecule has 1 aromatic carbocycles. The van der Waals surface area contributed by atoms with Crippen LogP contribution in [0.25, 0.3) is 11.1 Å². The molecular formula is C24H29ClN6O2. The molecule has 9 heteroatoms. The van der Waals surface area contributed by atoms with E-state index in [1.165, 1.54) is 0 Å². The molecule has 0 saturated carbocycles. The number of rotatable bonds is 4. The minimum Gasteiger partial charge on any atom is -0.383 e. The van der Waals surface area contributed by atoms with E-state index < -0.39 is 0 Å². The third kappa shape index (κ3) is 4.25. The van der Waals surface area contributed by atoms with Crippen molar-refractivity contribution < 1.29 is 9.53 Å². The maximum Gasteiger partial charge on any atom is 0.219 e. The highest BCUT2D eigenvalue weighted by Gasteiger charge is 2.32. The monoisotopic (exact) mass is 468 g/mol.